The minimum Gasteiger partial charge on any atom is -0.418 e. The van der Waals surface area contributed by atoms with Crippen molar-refractivity contribution in [3.05, 3.63) is 60.7 Å². The lowest BCUT2D eigenvalue weighted by atomic mass is 10.3. The number of nitrogens with zero attached hydrogens (tertiary/aromatic N) is 4. The monoisotopic (exact) mass is 482 g/mol. The minimum absolute atomic E-state index is 0.893. The molecular weight excluding hydrogens is 458 g/mol. The molecule has 14 heteroatoms. The average Bonchev–Trinajstić information content (AvgIpc) is 3.08. The van der Waals surface area contributed by atoms with Crippen molar-refractivity contribution < 1.29 is 43.7 Å². The second kappa shape index (κ2) is 11.7. The Hall–Kier alpha value is -3.05. The van der Waals surface area contributed by atoms with Crippen LogP contribution in [0.5, 0.6) is 0 Å². The number of hydrogen-bond acceptors (Lipinski definition) is 0. The number of anilines is 2. The molecule has 1 aliphatic rings. The fourth-order valence-corrected chi connectivity index (χ4v) is 2.88. The summed E-state index contributed by atoms with van der Waals surface area (Å²) in [6, 6.07) is 21.0. The molecule has 0 atom stereocenters. The first-order valence-electron chi connectivity index (χ1n) is 9.60. The Morgan fingerprint density at radius 1 is 0.545 bits per heavy atom. The van der Waals surface area contributed by atoms with Crippen LogP contribution in [0, 0.1) is 0 Å². The number of halogens is 8. The quantitative estimate of drug-likeness (QED) is 0.329. The van der Waals surface area contributed by atoms with E-state index in [1.807, 2.05) is 0 Å². The van der Waals surface area contributed by atoms with Gasteiger partial charge in [-0.2, -0.15) is 0 Å². The zero-order valence-electron chi connectivity index (χ0n) is 18.4. The molecule has 0 spiro atoms. The van der Waals surface area contributed by atoms with Crippen molar-refractivity contribution >= 4 is 37.6 Å². The van der Waals surface area contributed by atoms with E-state index < -0.39 is 14.5 Å². The summed E-state index contributed by atoms with van der Waals surface area (Å²) in [5.41, 5.74) is 2.33. The number of benzene rings is 2. The van der Waals surface area contributed by atoms with E-state index >= 15 is 0 Å². The molecule has 0 aliphatic carbocycles. The Bertz CT molecular complexity index is 850. The van der Waals surface area contributed by atoms with Gasteiger partial charge in [0.2, 0.25) is 0 Å². The molecule has 1 heterocycles. The Kier molecular flexibility index (Phi) is 9.93. The first kappa shape index (κ1) is 28.0. The van der Waals surface area contributed by atoms with Crippen molar-refractivity contribution in [3.8, 4) is 0 Å². The van der Waals surface area contributed by atoms with Crippen LogP contribution in [0.2, 0.25) is 0 Å². The van der Waals surface area contributed by atoms with E-state index in [0.717, 1.165) is 17.8 Å². The largest absolute Gasteiger partial charge is 0.673 e. The van der Waals surface area contributed by atoms with Gasteiger partial charge in [-0.05, 0) is 34.3 Å². The number of hydrogen-bond donors (Lipinski definition) is 0. The van der Waals surface area contributed by atoms with Gasteiger partial charge in [-0.3, -0.25) is 9.15 Å². The van der Waals surface area contributed by atoms with E-state index in [1.165, 1.54) is 11.7 Å². The van der Waals surface area contributed by atoms with Gasteiger partial charge in [0.25, 0.3) is 0 Å². The number of rotatable bonds is 2. The highest BCUT2D eigenvalue weighted by molar-refractivity contribution is 6.50. The number of hydrazine groups is 1. The van der Waals surface area contributed by atoms with E-state index in [1.54, 1.807) is 0 Å². The summed E-state index contributed by atoms with van der Waals surface area (Å²) in [4.78, 5) is 0. The van der Waals surface area contributed by atoms with Crippen LogP contribution in [-0.4, -0.2) is 63.5 Å². The van der Waals surface area contributed by atoms with Gasteiger partial charge in [-0.15, -0.1) is 0 Å². The Morgan fingerprint density at radius 3 is 1.00 bits per heavy atom. The van der Waals surface area contributed by atoms with Crippen LogP contribution < -0.4 is 10.0 Å². The zero-order valence-corrected chi connectivity index (χ0v) is 18.4. The van der Waals surface area contributed by atoms with Gasteiger partial charge in [0.15, 0.2) is 17.8 Å². The molecule has 1 fully saturated rings. The zero-order chi connectivity index (χ0) is 25.4. The summed E-state index contributed by atoms with van der Waals surface area (Å²) in [5, 5.41) is 4.59. The maximum Gasteiger partial charge on any atom is 0.673 e. The van der Waals surface area contributed by atoms with Gasteiger partial charge >= 0.3 is 26.2 Å². The second-order valence-corrected chi connectivity index (χ2v) is 7.08. The van der Waals surface area contributed by atoms with Crippen molar-refractivity contribution in [1.29, 1.82) is 0 Å². The highest BCUT2D eigenvalue weighted by Gasteiger charge is 2.50. The molecule has 0 bridgehead atoms. The third kappa shape index (κ3) is 10.4. The molecule has 0 aromatic heterocycles. The topological polar surface area (TPSA) is 12.5 Å². The normalized spacial score (nSPS) is 13.7. The molecule has 1 aliphatic heterocycles. The van der Waals surface area contributed by atoms with Crippen LogP contribution in [0.4, 0.5) is 45.9 Å². The molecular formula is C19H24B2F8N4. The molecule has 0 unspecified atom stereocenters. The second-order valence-electron chi connectivity index (χ2n) is 7.08. The lowest BCUT2D eigenvalue weighted by Crippen LogP contribution is -2.44. The molecule has 0 amide bonds. The standard InChI is InChI=1S/C19H24N4.2BF4/c1-20(2)18-15-19(21(3)4)23(17-13-9-6-10-14-17)22(18)16-11-7-5-8-12-16;2*2-1(3,4)5/h5-14H,15H2,1-4H3;;/q+2;2*-1. The third-order valence-electron chi connectivity index (χ3n) is 4.04. The van der Waals surface area contributed by atoms with E-state index in [9.17, 15) is 34.5 Å². The van der Waals surface area contributed by atoms with Crippen molar-refractivity contribution in [3.63, 3.8) is 0 Å². The van der Waals surface area contributed by atoms with Gasteiger partial charge in [0, 0.05) is 0 Å². The van der Waals surface area contributed by atoms with Crippen LogP contribution in [0.25, 0.3) is 0 Å². The average molecular weight is 482 g/mol. The Labute approximate surface area is 187 Å². The predicted octanol–water partition coefficient (Wildman–Crippen LogP) is 5.26. The van der Waals surface area contributed by atoms with Gasteiger partial charge < -0.3 is 34.5 Å². The molecule has 2 aromatic carbocycles. The number of amidine groups is 2. The van der Waals surface area contributed by atoms with Gasteiger partial charge in [-0.25, -0.2) is 0 Å². The molecule has 4 nitrogen and oxygen atoms in total. The highest BCUT2D eigenvalue weighted by Crippen LogP contribution is 2.29. The Balaban J connectivity index is 0.000000460. The van der Waals surface area contributed by atoms with Gasteiger partial charge in [0.05, 0.1) is 28.2 Å². The molecule has 2 aromatic rings. The lowest BCUT2D eigenvalue weighted by molar-refractivity contribution is -0.469. The van der Waals surface area contributed by atoms with Crippen molar-refractivity contribution in [2.45, 2.75) is 6.42 Å². The molecule has 0 saturated carbocycles. The predicted molar refractivity (Wildman–Crippen MR) is 117 cm³/mol. The van der Waals surface area contributed by atoms with E-state index in [-0.39, 0.29) is 0 Å². The molecule has 0 N–H and O–H groups in total. The van der Waals surface area contributed by atoms with Crippen molar-refractivity contribution in [1.82, 2.24) is 0 Å². The van der Waals surface area contributed by atoms with E-state index in [2.05, 4.69) is 108 Å². The van der Waals surface area contributed by atoms with Gasteiger partial charge in [-0.1, -0.05) is 36.4 Å². The number of para-hydroxylation sites is 2. The molecule has 3 rings (SSSR count). The summed E-state index contributed by atoms with van der Waals surface area (Å²) in [7, 11) is -3.58. The molecule has 182 valence electrons. The van der Waals surface area contributed by atoms with E-state index in [4.69, 9.17) is 0 Å². The van der Waals surface area contributed by atoms with Crippen molar-refractivity contribution in [2.75, 3.05) is 38.2 Å². The van der Waals surface area contributed by atoms with Crippen LogP contribution in [0.15, 0.2) is 60.7 Å². The van der Waals surface area contributed by atoms with Gasteiger partial charge in [0.1, 0.15) is 0 Å². The smallest absolute Gasteiger partial charge is 0.418 e. The van der Waals surface area contributed by atoms with E-state index in [0.29, 0.717) is 0 Å². The highest BCUT2D eigenvalue weighted by atomic mass is 19.5. The summed E-state index contributed by atoms with van der Waals surface area (Å²) in [5.74, 6) is 2.51. The summed E-state index contributed by atoms with van der Waals surface area (Å²) >= 11 is 0. The lowest BCUT2D eigenvalue weighted by Gasteiger charge is -2.18. The van der Waals surface area contributed by atoms with Crippen molar-refractivity contribution in [2.24, 2.45) is 0 Å². The fourth-order valence-electron chi connectivity index (χ4n) is 2.88. The Morgan fingerprint density at radius 2 is 0.788 bits per heavy atom. The van der Waals surface area contributed by atoms with Crippen LogP contribution in [-0.2, 0) is 0 Å². The SMILES string of the molecule is C[N+](C)=C1CC(=[N+](C)C)N(c2ccccc2)N1c1ccccc1.F[B-](F)(F)F.F[B-](F)(F)F. The maximum atomic E-state index is 9.75. The first-order chi connectivity index (χ1) is 15.1. The molecule has 0 radical (unpaired) electrons. The fraction of sp³-hybridized carbons (Fsp3) is 0.263. The molecule has 33 heavy (non-hydrogen) atoms. The minimum atomic E-state index is -6.00. The summed E-state index contributed by atoms with van der Waals surface area (Å²) in [6.07, 6.45) is 0.893. The molecule has 1 saturated heterocycles. The maximum absolute atomic E-state index is 9.75. The van der Waals surface area contributed by atoms with Crippen LogP contribution >= 0.6 is 0 Å². The summed E-state index contributed by atoms with van der Waals surface area (Å²) in [6.45, 7) is 0. The first-order valence-corrected chi connectivity index (χ1v) is 9.60. The van der Waals surface area contributed by atoms with Crippen LogP contribution in [0.1, 0.15) is 6.42 Å². The third-order valence-corrected chi connectivity index (χ3v) is 4.04. The van der Waals surface area contributed by atoms with Crippen LogP contribution in [0.3, 0.4) is 0 Å². The summed E-state index contributed by atoms with van der Waals surface area (Å²) < 4.78 is 82.4.